The van der Waals surface area contributed by atoms with Crippen LogP contribution >= 0.6 is 11.6 Å². The van der Waals surface area contributed by atoms with Gasteiger partial charge in [-0.1, -0.05) is 23.7 Å². The van der Waals surface area contributed by atoms with Crippen LogP contribution in [0.4, 0.5) is 13.2 Å². The molecule has 2 N–H and O–H groups in total. The summed E-state index contributed by atoms with van der Waals surface area (Å²) in [5.74, 6) is -2.22. The Hall–Kier alpha value is -2.26. The molecule has 0 saturated heterocycles. The van der Waals surface area contributed by atoms with Crippen molar-refractivity contribution in [2.24, 2.45) is 0 Å². The maximum absolute atomic E-state index is 12.5. The van der Waals surface area contributed by atoms with Gasteiger partial charge in [-0.05, 0) is 48.7 Å². The van der Waals surface area contributed by atoms with E-state index in [1.54, 1.807) is 17.4 Å². The lowest BCUT2D eigenvalue weighted by Gasteiger charge is -2.09. The largest absolute Gasteiger partial charge is 0.506 e. The molecule has 0 unspecified atom stereocenters. The summed E-state index contributed by atoms with van der Waals surface area (Å²) in [4.78, 5) is 10.6. The van der Waals surface area contributed by atoms with Gasteiger partial charge in [0.25, 0.3) is 0 Å². The van der Waals surface area contributed by atoms with Crippen molar-refractivity contribution < 1.29 is 31.5 Å². The van der Waals surface area contributed by atoms with Crippen molar-refractivity contribution in [1.82, 2.24) is 5.32 Å². The first-order valence-electron chi connectivity index (χ1n) is 7.69. The molecule has 0 radical (unpaired) electrons. The predicted octanol–water partition coefficient (Wildman–Crippen LogP) is 3.49. The lowest BCUT2D eigenvalue weighted by atomic mass is 10.1. The second-order valence-corrected chi connectivity index (χ2v) is 7.97. The van der Waals surface area contributed by atoms with Gasteiger partial charge in [0, 0.05) is 6.54 Å². The number of hydrogen-bond acceptors (Lipinski definition) is 4. The topological polar surface area (TPSA) is 83.5 Å². The Balaban J connectivity index is 2.00. The van der Waals surface area contributed by atoms with E-state index in [0.29, 0.717) is 12.0 Å². The average molecular weight is 422 g/mol. The van der Waals surface area contributed by atoms with Crippen LogP contribution in [0.1, 0.15) is 12.0 Å². The molecule has 0 aliphatic heterocycles. The second kappa shape index (κ2) is 8.18. The lowest BCUT2D eigenvalue weighted by molar-refractivity contribution is -0.173. The number of aromatic hydroxyl groups is 1. The van der Waals surface area contributed by atoms with Crippen molar-refractivity contribution in [2.75, 3.05) is 6.54 Å². The van der Waals surface area contributed by atoms with Crippen LogP contribution in [-0.2, 0) is 21.1 Å². The number of amides is 1. The van der Waals surface area contributed by atoms with Crippen molar-refractivity contribution in [3.8, 4) is 5.75 Å². The summed E-state index contributed by atoms with van der Waals surface area (Å²) in [6, 6.07) is 9.39. The van der Waals surface area contributed by atoms with Gasteiger partial charge in [0.15, 0.2) is 0 Å². The molecule has 0 bridgehead atoms. The van der Waals surface area contributed by atoms with E-state index in [1.165, 1.54) is 24.3 Å². The van der Waals surface area contributed by atoms with Crippen molar-refractivity contribution in [3.63, 3.8) is 0 Å². The van der Waals surface area contributed by atoms with Gasteiger partial charge in [-0.2, -0.15) is 13.2 Å². The van der Waals surface area contributed by atoms with Crippen LogP contribution in [0.25, 0.3) is 0 Å². The number of carbonyl (C=O) groups is 1. The minimum atomic E-state index is -4.91. The van der Waals surface area contributed by atoms with Crippen LogP contribution in [0.15, 0.2) is 52.3 Å². The normalized spacial score (nSPS) is 12.0. The Morgan fingerprint density at radius 1 is 1.07 bits per heavy atom. The molecule has 0 saturated carbocycles. The zero-order chi connectivity index (χ0) is 20.2. The second-order valence-electron chi connectivity index (χ2n) is 5.62. The van der Waals surface area contributed by atoms with Gasteiger partial charge < -0.3 is 10.4 Å². The van der Waals surface area contributed by atoms with Crippen LogP contribution < -0.4 is 5.32 Å². The molecule has 2 aromatic carbocycles. The fourth-order valence-corrected chi connectivity index (χ4v) is 3.75. The number of hydrogen-bond donors (Lipinski definition) is 2. The molecule has 0 fully saturated rings. The van der Waals surface area contributed by atoms with Gasteiger partial charge in [-0.25, -0.2) is 8.42 Å². The Labute approximate surface area is 158 Å². The third-order valence-electron chi connectivity index (χ3n) is 3.65. The zero-order valence-corrected chi connectivity index (χ0v) is 15.3. The highest BCUT2D eigenvalue weighted by Gasteiger charge is 2.38. The summed E-state index contributed by atoms with van der Waals surface area (Å²) in [6.07, 6.45) is -4.28. The maximum Gasteiger partial charge on any atom is 0.471 e. The number of alkyl halides is 3. The van der Waals surface area contributed by atoms with Gasteiger partial charge in [0.2, 0.25) is 9.84 Å². The first-order valence-corrected chi connectivity index (χ1v) is 9.55. The van der Waals surface area contributed by atoms with E-state index < -0.39 is 21.9 Å². The predicted molar refractivity (Wildman–Crippen MR) is 92.4 cm³/mol. The van der Waals surface area contributed by atoms with Gasteiger partial charge in [0.1, 0.15) is 5.75 Å². The number of sulfone groups is 1. The van der Waals surface area contributed by atoms with Crippen molar-refractivity contribution >= 4 is 27.3 Å². The Bertz CT molecular complexity index is 928. The summed E-state index contributed by atoms with van der Waals surface area (Å²) in [7, 11) is -3.83. The summed E-state index contributed by atoms with van der Waals surface area (Å²) >= 11 is 5.74. The number of carbonyl (C=O) groups excluding carboxylic acids is 1. The summed E-state index contributed by atoms with van der Waals surface area (Å²) in [5, 5.41) is 11.1. The van der Waals surface area contributed by atoms with E-state index >= 15 is 0 Å². The molecular formula is C17H15ClF3NO4S. The zero-order valence-electron chi connectivity index (χ0n) is 13.8. The highest BCUT2D eigenvalue weighted by atomic mass is 35.5. The molecule has 0 spiro atoms. The SMILES string of the molecule is O=C(NCCCc1ccc(S(=O)(=O)c2ccc(O)c(Cl)c2)cc1)C(F)(F)F. The number of phenols is 1. The number of benzene rings is 2. The van der Waals surface area contributed by atoms with Gasteiger partial charge in [0.05, 0.1) is 14.8 Å². The number of aryl methyl sites for hydroxylation is 1. The van der Waals surface area contributed by atoms with E-state index in [2.05, 4.69) is 0 Å². The van der Waals surface area contributed by atoms with E-state index in [9.17, 15) is 31.5 Å². The molecule has 0 aliphatic rings. The highest BCUT2D eigenvalue weighted by Crippen LogP contribution is 2.29. The molecule has 10 heteroatoms. The quantitative estimate of drug-likeness (QED) is 0.699. The van der Waals surface area contributed by atoms with Crippen molar-refractivity contribution in [1.29, 1.82) is 0 Å². The molecule has 0 heterocycles. The third kappa shape index (κ3) is 5.36. The molecule has 0 aliphatic carbocycles. The van der Waals surface area contributed by atoms with E-state index in [-0.39, 0.29) is 33.5 Å². The summed E-state index contributed by atoms with van der Waals surface area (Å²) in [6.45, 7) is -0.148. The molecular weight excluding hydrogens is 407 g/mol. The van der Waals surface area contributed by atoms with Crippen LogP contribution in [-0.4, -0.2) is 32.2 Å². The van der Waals surface area contributed by atoms with Crippen LogP contribution in [0, 0.1) is 0 Å². The molecule has 2 aromatic rings. The fourth-order valence-electron chi connectivity index (χ4n) is 2.22. The monoisotopic (exact) mass is 421 g/mol. The molecule has 27 heavy (non-hydrogen) atoms. The molecule has 0 aromatic heterocycles. The first kappa shape index (κ1) is 21.0. The third-order valence-corrected chi connectivity index (χ3v) is 5.72. The number of nitrogens with one attached hydrogen (secondary N) is 1. The lowest BCUT2D eigenvalue weighted by Crippen LogP contribution is -2.37. The van der Waals surface area contributed by atoms with Crippen molar-refractivity contribution in [2.45, 2.75) is 28.8 Å². The van der Waals surface area contributed by atoms with Crippen LogP contribution in [0.2, 0.25) is 5.02 Å². The Morgan fingerprint density at radius 2 is 1.67 bits per heavy atom. The maximum atomic E-state index is 12.5. The summed E-state index contributed by atoms with van der Waals surface area (Å²) < 4.78 is 61.2. The first-order chi connectivity index (χ1) is 12.5. The fraction of sp³-hybridized carbons (Fsp3) is 0.235. The summed E-state index contributed by atoms with van der Waals surface area (Å²) in [5.41, 5.74) is 0.707. The molecule has 1 amide bonds. The average Bonchev–Trinajstić information content (AvgIpc) is 2.60. The number of phenolic OH excluding ortho intramolecular Hbond substituents is 1. The van der Waals surface area contributed by atoms with Crippen molar-refractivity contribution in [3.05, 3.63) is 53.1 Å². The van der Waals surface area contributed by atoms with Crippen LogP contribution in [0.5, 0.6) is 5.75 Å². The minimum absolute atomic E-state index is 0.0124. The van der Waals surface area contributed by atoms with E-state index in [1.807, 2.05) is 0 Å². The van der Waals surface area contributed by atoms with Gasteiger partial charge in [-0.15, -0.1) is 0 Å². The van der Waals surface area contributed by atoms with E-state index in [4.69, 9.17) is 11.6 Å². The van der Waals surface area contributed by atoms with E-state index in [0.717, 1.165) is 6.07 Å². The Morgan fingerprint density at radius 3 is 2.22 bits per heavy atom. The molecule has 0 atom stereocenters. The number of halogens is 4. The Kier molecular flexibility index (Phi) is 6.38. The number of rotatable bonds is 6. The smallest absolute Gasteiger partial charge is 0.471 e. The minimum Gasteiger partial charge on any atom is -0.506 e. The molecule has 146 valence electrons. The molecule has 5 nitrogen and oxygen atoms in total. The van der Waals surface area contributed by atoms with Gasteiger partial charge >= 0.3 is 12.1 Å². The van der Waals surface area contributed by atoms with Crippen LogP contribution in [0.3, 0.4) is 0 Å². The standard InChI is InChI=1S/C17H15ClF3NO4S/c18-14-10-13(7-8-15(14)23)27(25,26)12-5-3-11(4-6-12)2-1-9-22-16(24)17(19,20)21/h3-8,10,23H,1-2,9H2,(H,22,24). The molecule has 2 rings (SSSR count). The van der Waals surface area contributed by atoms with Gasteiger partial charge in [-0.3, -0.25) is 4.79 Å². The highest BCUT2D eigenvalue weighted by molar-refractivity contribution is 7.91.